The molecule has 1 heterocycles. The molecule has 0 aliphatic heterocycles. The van der Waals surface area contributed by atoms with E-state index >= 15 is 0 Å². The van der Waals surface area contributed by atoms with Crippen LogP contribution in [0, 0.1) is 20.8 Å². The summed E-state index contributed by atoms with van der Waals surface area (Å²) >= 11 is 0. The third kappa shape index (κ3) is 3.37. The second kappa shape index (κ2) is 7.42. The van der Waals surface area contributed by atoms with Crippen LogP contribution in [0.4, 0.5) is 0 Å². The van der Waals surface area contributed by atoms with Gasteiger partial charge in [0.1, 0.15) is 0 Å². The van der Waals surface area contributed by atoms with Gasteiger partial charge in [-0.15, -0.1) is 0 Å². The van der Waals surface area contributed by atoms with Crippen molar-refractivity contribution >= 4 is 21.7 Å². The molecule has 0 atom stereocenters. The summed E-state index contributed by atoms with van der Waals surface area (Å²) in [4.78, 5) is 4.88. The first-order chi connectivity index (χ1) is 14.6. The molecule has 146 valence electrons. The fourth-order valence-corrected chi connectivity index (χ4v) is 4.55. The SMILES string of the molecule is Cc1cc(C)cc(-c2ccc3ccccc3c2Cc2cc3ccccc3nc2C)c1. The molecular formula is C29H25N. The minimum absolute atomic E-state index is 0.868. The van der Waals surface area contributed by atoms with Crippen molar-refractivity contribution in [2.75, 3.05) is 0 Å². The van der Waals surface area contributed by atoms with Crippen LogP contribution in [0.15, 0.2) is 84.9 Å². The van der Waals surface area contributed by atoms with Gasteiger partial charge in [0.2, 0.25) is 0 Å². The Kier molecular flexibility index (Phi) is 4.59. The summed E-state index contributed by atoms with van der Waals surface area (Å²) in [5.41, 5.74) is 10.0. The summed E-state index contributed by atoms with van der Waals surface area (Å²) < 4.78 is 0. The van der Waals surface area contributed by atoms with Crippen molar-refractivity contribution in [2.45, 2.75) is 27.2 Å². The lowest BCUT2D eigenvalue weighted by Crippen LogP contribution is -1.99. The first-order valence-corrected chi connectivity index (χ1v) is 10.5. The number of aromatic nitrogens is 1. The molecule has 1 heteroatoms. The van der Waals surface area contributed by atoms with Gasteiger partial charge in [-0.1, -0.05) is 83.9 Å². The Morgan fingerprint density at radius 2 is 1.37 bits per heavy atom. The van der Waals surface area contributed by atoms with Gasteiger partial charge in [0.05, 0.1) is 5.52 Å². The maximum absolute atomic E-state index is 4.88. The number of fused-ring (bicyclic) bond motifs is 2. The van der Waals surface area contributed by atoms with Crippen molar-refractivity contribution in [3.05, 3.63) is 113 Å². The molecule has 1 aromatic heterocycles. The monoisotopic (exact) mass is 387 g/mol. The lowest BCUT2D eigenvalue weighted by molar-refractivity contribution is 1.11. The molecule has 0 bridgehead atoms. The van der Waals surface area contributed by atoms with Gasteiger partial charge < -0.3 is 0 Å². The number of benzene rings is 4. The van der Waals surface area contributed by atoms with Crippen molar-refractivity contribution in [2.24, 2.45) is 0 Å². The van der Waals surface area contributed by atoms with Crippen LogP contribution in [0.3, 0.4) is 0 Å². The molecule has 0 aliphatic rings. The standard InChI is InChI=1S/C29H25N/c1-19-14-20(2)16-25(15-19)27-13-12-22-8-4-6-10-26(22)28(27)18-24-17-23-9-5-7-11-29(23)30-21(24)3/h4-17H,18H2,1-3H3. The van der Waals surface area contributed by atoms with Gasteiger partial charge in [0.25, 0.3) is 0 Å². The molecule has 1 nitrogen and oxygen atoms in total. The highest BCUT2D eigenvalue weighted by molar-refractivity contribution is 5.92. The molecule has 0 saturated carbocycles. The predicted molar refractivity (Wildman–Crippen MR) is 128 cm³/mol. The van der Waals surface area contributed by atoms with E-state index in [4.69, 9.17) is 4.98 Å². The van der Waals surface area contributed by atoms with E-state index in [-0.39, 0.29) is 0 Å². The van der Waals surface area contributed by atoms with Crippen LogP contribution in [0.1, 0.15) is 27.9 Å². The molecule has 0 radical (unpaired) electrons. The van der Waals surface area contributed by atoms with Crippen LogP contribution in [-0.2, 0) is 6.42 Å². The van der Waals surface area contributed by atoms with Crippen molar-refractivity contribution < 1.29 is 0 Å². The smallest absolute Gasteiger partial charge is 0.0705 e. The third-order valence-corrected chi connectivity index (χ3v) is 5.96. The summed E-state index contributed by atoms with van der Waals surface area (Å²) in [5.74, 6) is 0. The van der Waals surface area contributed by atoms with Crippen LogP contribution < -0.4 is 0 Å². The van der Waals surface area contributed by atoms with Crippen molar-refractivity contribution in [3.8, 4) is 11.1 Å². The highest BCUT2D eigenvalue weighted by Crippen LogP contribution is 2.34. The lowest BCUT2D eigenvalue weighted by Gasteiger charge is -2.16. The van der Waals surface area contributed by atoms with E-state index in [9.17, 15) is 0 Å². The van der Waals surface area contributed by atoms with E-state index in [1.165, 1.54) is 49.5 Å². The Labute approximate surface area is 178 Å². The van der Waals surface area contributed by atoms with Crippen LogP contribution in [-0.4, -0.2) is 4.98 Å². The fourth-order valence-electron chi connectivity index (χ4n) is 4.55. The van der Waals surface area contributed by atoms with Crippen molar-refractivity contribution in [3.63, 3.8) is 0 Å². The van der Waals surface area contributed by atoms with E-state index in [0.717, 1.165) is 17.6 Å². The van der Waals surface area contributed by atoms with E-state index in [1.807, 2.05) is 0 Å². The third-order valence-electron chi connectivity index (χ3n) is 5.96. The molecule has 5 rings (SSSR count). The Hall–Kier alpha value is -3.45. The topological polar surface area (TPSA) is 12.9 Å². The molecule has 0 aliphatic carbocycles. The summed E-state index contributed by atoms with van der Waals surface area (Å²) in [6.45, 7) is 6.48. The van der Waals surface area contributed by atoms with Gasteiger partial charge in [-0.3, -0.25) is 4.98 Å². The van der Waals surface area contributed by atoms with Crippen LogP contribution in [0.2, 0.25) is 0 Å². The molecule has 0 spiro atoms. The number of hydrogen-bond donors (Lipinski definition) is 0. The number of aryl methyl sites for hydroxylation is 3. The fraction of sp³-hybridized carbons (Fsp3) is 0.138. The largest absolute Gasteiger partial charge is 0.253 e. The van der Waals surface area contributed by atoms with Crippen LogP contribution >= 0.6 is 0 Å². The molecule has 0 N–H and O–H groups in total. The highest BCUT2D eigenvalue weighted by atomic mass is 14.7. The van der Waals surface area contributed by atoms with E-state index in [0.29, 0.717) is 0 Å². The molecule has 0 amide bonds. The predicted octanol–water partition coefficient (Wildman–Crippen LogP) is 7.57. The van der Waals surface area contributed by atoms with E-state index < -0.39 is 0 Å². The van der Waals surface area contributed by atoms with E-state index in [2.05, 4.69) is 106 Å². The Morgan fingerprint density at radius 1 is 0.667 bits per heavy atom. The van der Waals surface area contributed by atoms with Crippen LogP contribution in [0.5, 0.6) is 0 Å². The second-order valence-corrected chi connectivity index (χ2v) is 8.29. The molecular weight excluding hydrogens is 362 g/mol. The average Bonchev–Trinajstić information content (AvgIpc) is 2.73. The first kappa shape index (κ1) is 18.6. The van der Waals surface area contributed by atoms with Gasteiger partial charge in [-0.2, -0.15) is 0 Å². The molecule has 30 heavy (non-hydrogen) atoms. The maximum Gasteiger partial charge on any atom is 0.0705 e. The minimum Gasteiger partial charge on any atom is -0.253 e. The number of nitrogens with zero attached hydrogens (tertiary/aromatic N) is 1. The summed E-state index contributed by atoms with van der Waals surface area (Å²) in [6.07, 6.45) is 0.868. The van der Waals surface area contributed by atoms with Crippen LogP contribution in [0.25, 0.3) is 32.8 Å². The van der Waals surface area contributed by atoms with Gasteiger partial charge in [0, 0.05) is 17.5 Å². The quantitative estimate of drug-likeness (QED) is 0.311. The zero-order valence-corrected chi connectivity index (χ0v) is 17.7. The van der Waals surface area contributed by atoms with E-state index in [1.54, 1.807) is 0 Å². The molecule has 5 aromatic rings. The normalized spacial score (nSPS) is 11.3. The number of para-hydroxylation sites is 1. The van der Waals surface area contributed by atoms with Gasteiger partial charge in [0.15, 0.2) is 0 Å². The zero-order valence-electron chi connectivity index (χ0n) is 17.7. The highest BCUT2D eigenvalue weighted by Gasteiger charge is 2.13. The Bertz CT molecular complexity index is 1370. The van der Waals surface area contributed by atoms with Crippen molar-refractivity contribution in [1.29, 1.82) is 0 Å². The first-order valence-electron chi connectivity index (χ1n) is 10.5. The molecule has 0 unspecified atom stereocenters. The zero-order chi connectivity index (χ0) is 20.7. The molecule has 0 saturated heterocycles. The maximum atomic E-state index is 4.88. The summed E-state index contributed by atoms with van der Waals surface area (Å²) in [5, 5.41) is 3.81. The number of pyridine rings is 1. The summed E-state index contributed by atoms with van der Waals surface area (Å²) in [6, 6.07) is 30.8. The van der Waals surface area contributed by atoms with Crippen molar-refractivity contribution in [1.82, 2.24) is 4.98 Å². The second-order valence-electron chi connectivity index (χ2n) is 8.29. The lowest BCUT2D eigenvalue weighted by atomic mass is 9.88. The minimum atomic E-state index is 0.868. The summed E-state index contributed by atoms with van der Waals surface area (Å²) in [7, 11) is 0. The molecule has 0 fully saturated rings. The van der Waals surface area contributed by atoms with Gasteiger partial charge >= 0.3 is 0 Å². The average molecular weight is 388 g/mol. The Morgan fingerprint density at radius 3 is 2.17 bits per heavy atom. The Balaban J connectivity index is 1.74. The molecule has 4 aromatic carbocycles. The van der Waals surface area contributed by atoms with Gasteiger partial charge in [-0.05, 0) is 65.9 Å². The number of rotatable bonds is 3. The number of hydrogen-bond acceptors (Lipinski definition) is 1. The van der Waals surface area contributed by atoms with Gasteiger partial charge in [-0.25, -0.2) is 0 Å².